The van der Waals surface area contributed by atoms with Crippen LogP contribution in [0, 0.1) is 23.7 Å². The lowest BCUT2D eigenvalue weighted by Gasteiger charge is -2.25. The Morgan fingerprint density at radius 3 is 1.81 bits per heavy atom. The van der Waals surface area contributed by atoms with Crippen LogP contribution in [-0.2, 0) is 10.8 Å². The molecule has 0 bridgehead atoms. The van der Waals surface area contributed by atoms with E-state index in [2.05, 4.69) is 132 Å². The highest BCUT2D eigenvalue weighted by molar-refractivity contribution is 6.26. The molecule has 0 aliphatic rings. The van der Waals surface area contributed by atoms with Gasteiger partial charge in [-0.2, -0.15) is 0 Å². The van der Waals surface area contributed by atoms with Crippen molar-refractivity contribution in [1.82, 2.24) is 0 Å². The number of ether oxygens (including phenoxy) is 1. The summed E-state index contributed by atoms with van der Waals surface area (Å²) in [7, 11) is 1.66. The van der Waals surface area contributed by atoms with Crippen LogP contribution in [0.4, 0.5) is 0 Å². The van der Waals surface area contributed by atoms with Gasteiger partial charge in [0.05, 0.1) is 7.11 Å². The van der Waals surface area contributed by atoms with Crippen LogP contribution in [0.5, 0.6) is 5.75 Å². The fourth-order valence-corrected chi connectivity index (χ4v) is 5.71. The van der Waals surface area contributed by atoms with E-state index in [9.17, 15) is 0 Å². The topological polar surface area (TPSA) is 9.23 Å². The van der Waals surface area contributed by atoms with Crippen molar-refractivity contribution in [2.75, 3.05) is 7.11 Å². The average molecular weight is 545 g/mol. The number of hydrogen-bond acceptors (Lipinski definition) is 1. The van der Waals surface area contributed by atoms with Crippen molar-refractivity contribution in [2.24, 2.45) is 0 Å². The Hall–Kier alpha value is -4.72. The van der Waals surface area contributed by atoms with E-state index in [1.165, 1.54) is 49.0 Å². The van der Waals surface area contributed by atoms with Gasteiger partial charge in [0.15, 0.2) is 0 Å². The molecule has 0 radical (unpaired) electrons. The van der Waals surface area contributed by atoms with Gasteiger partial charge in [-0.25, -0.2) is 0 Å². The van der Waals surface area contributed by atoms with Crippen molar-refractivity contribution >= 4 is 32.3 Å². The fraction of sp³-hybridized carbons (Fsp3) is 0.220. The van der Waals surface area contributed by atoms with Crippen molar-refractivity contribution in [3.05, 3.63) is 113 Å². The summed E-state index contributed by atoms with van der Waals surface area (Å²) in [6.45, 7) is 13.7. The molecule has 0 unspecified atom stereocenters. The van der Waals surface area contributed by atoms with E-state index in [0.717, 1.165) is 22.4 Å². The molecule has 6 aromatic rings. The predicted octanol–water partition coefficient (Wildman–Crippen LogP) is 10.3. The van der Waals surface area contributed by atoms with Gasteiger partial charge in [-0.1, -0.05) is 102 Å². The van der Waals surface area contributed by atoms with Crippen LogP contribution < -0.4 is 4.74 Å². The Balaban J connectivity index is 1.59. The van der Waals surface area contributed by atoms with Gasteiger partial charge >= 0.3 is 0 Å². The molecule has 0 spiro atoms. The van der Waals surface area contributed by atoms with Crippen molar-refractivity contribution in [3.63, 3.8) is 0 Å². The molecule has 42 heavy (non-hydrogen) atoms. The lowest BCUT2D eigenvalue weighted by atomic mass is 9.79. The van der Waals surface area contributed by atoms with Crippen LogP contribution >= 0.6 is 0 Å². The second-order valence-corrected chi connectivity index (χ2v) is 13.2. The molecule has 0 fully saturated rings. The molecule has 206 valence electrons. The minimum absolute atomic E-state index is 0.0253. The SMILES string of the molecule is COc1ccc(C#CC#Cc2ccccc2-c2cc3cc(C(C)(C)C)cc4ccc5cc(C(C)(C)C)cc2c5c43)cc1. The van der Waals surface area contributed by atoms with Crippen LogP contribution in [0.3, 0.4) is 0 Å². The Labute approximate surface area is 249 Å². The minimum atomic E-state index is 0.0253. The quantitative estimate of drug-likeness (QED) is 0.156. The lowest BCUT2D eigenvalue weighted by molar-refractivity contribution is 0.415. The average Bonchev–Trinajstić information content (AvgIpc) is 2.97. The molecule has 0 aliphatic heterocycles. The first-order valence-electron chi connectivity index (χ1n) is 14.6. The lowest BCUT2D eigenvalue weighted by Crippen LogP contribution is -2.12. The molecular formula is C41H36O. The fourth-order valence-electron chi connectivity index (χ4n) is 5.71. The summed E-state index contributed by atoms with van der Waals surface area (Å²) in [5, 5.41) is 7.80. The second-order valence-electron chi connectivity index (χ2n) is 13.2. The maximum Gasteiger partial charge on any atom is 0.118 e. The first-order valence-corrected chi connectivity index (χ1v) is 14.6. The number of benzene rings is 6. The molecule has 0 N–H and O–H groups in total. The van der Waals surface area contributed by atoms with Crippen molar-refractivity contribution in [3.8, 4) is 40.6 Å². The molecule has 6 rings (SSSR count). The summed E-state index contributed by atoms with van der Waals surface area (Å²) in [6, 6.07) is 32.7. The number of rotatable bonds is 2. The van der Waals surface area contributed by atoms with Crippen molar-refractivity contribution in [1.29, 1.82) is 0 Å². The third-order valence-electron chi connectivity index (χ3n) is 8.16. The first kappa shape index (κ1) is 27.4. The van der Waals surface area contributed by atoms with E-state index >= 15 is 0 Å². The van der Waals surface area contributed by atoms with Gasteiger partial charge in [-0.15, -0.1) is 0 Å². The van der Waals surface area contributed by atoms with Gasteiger partial charge in [0.2, 0.25) is 0 Å². The zero-order valence-electron chi connectivity index (χ0n) is 25.6. The third-order valence-corrected chi connectivity index (χ3v) is 8.16. The van der Waals surface area contributed by atoms with E-state index in [1.54, 1.807) is 7.11 Å². The highest BCUT2D eigenvalue weighted by Gasteiger charge is 2.22. The normalized spacial score (nSPS) is 11.8. The van der Waals surface area contributed by atoms with Crippen LogP contribution in [0.2, 0.25) is 0 Å². The zero-order chi connectivity index (χ0) is 29.6. The Morgan fingerprint density at radius 1 is 0.548 bits per heavy atom. The van der Waals surface area contributed by atoms with Crippen LogP contribution in [-0.4, -0.2) is 7.11 Å². The second kappa shape index (κ2) is 10.3. The number of hydrogen-bond donors (Lipinski definition) is 0. The predicted molar refractivity (Wildman–Crippen MR) is 180 cm³/mol. The summed E-state index contributed by atoms with van der Waals surface area (Å²) in [5.41, 5.74) is 6.99. The van der Waals surface area contributed by atoms with E-state index in [1.807, 2.05) is 24.3 Å². The zero-order valence-corrected chi connectivity index (χ0v) is 25.6. The molecule has 0 aliphatic carbocycles. The molecule has 0 saturated carbocycles. The molecule has 0 amide bonds. The summed E-state index contributed by atoms with van der Waals surface area (Å²) in [4.78, 5) is 0. The standard InChI is InChI=1S/C41H36O/c1-40(2,3)32-22-29-18-19-30-23-33(41(4,5)6)26-37-36(25-31(24-32)38(29)39(30)37)35-15-11-10-14-28(35)13-9-8-12-27-16-20-34(42-7)21-17-27/h10-11,14-26H,1-7H3. The van der Waals surface area contributed by atoms with Crippen LogP contribution in [0.15, 0.2) is 91.0 Å². The van der Waals surface area contributed by atoms with Gasteiger partial charge in [-0.3, -0.25) is 0 Å². The summed E-state index contributed by atoms with van der Waals surface area (Å²) < 4.78 is 5.25. The third kappa shape index (κ3) is 5.09. The molecule has 0 atom stereocenters. The molecule has 0 heterocycles. The van der Waals surface area contributed by atoms with E-state index < -0.39 is 0 Å². The van der Waals surface area contributed by atoms with Crippen molar-refractivity contribution < 1.29 is 4.74 Å². The first-order chi connectivity index (χ1) is 20.0. The summed E-state index contributed by atoms with van der Waals surface area (Å²) >= 11 is 0. The van der Waals surface area contributed by atoms with E-state index in [4.69, 9.17) is 4.74 Å². The number of methoxy groups -OCH3 is 1. The smallest absolute Gasteiger partial charge is 0.118 e. The highest BCUT2D eigenvalue weighted by atomic mass is 16.5. The van der Waals surface area contributed by atoms with Gasteiger partial charge < -0.3 is 4.74 Å². The van der Waals surface area contributed by atoms with Gasteiger partial charge in [0.1, 0.15) is 5.75 Å². The Kier molecular flexibility index (Phi) is 6.72. The van der Waals surface area contributed by atoms with Crippen molar-refractivity contribution in [2.45, 2.75) is 52.4 Å². The molecule has 1 heteroatoms. The monoisotopic (exact) mass is 544 g/mol. The molecule has 1 nitrogen and oxygen atoms in total. The van der Waals surface area contributed by atoms with E-state index in [0.29, 0.717) is 0 Å². The maximum atomic E-state index is 5.25. The summed E-state index contributed by atoms with van der Waals surface area (Å²) in [6.07, 6.45) is 0. The van der Waals surface area contributed by atoms with Crippen LogP contribution in [0.25, 0.3) is 43.4 Å². The van der Waals surface area contributed by atoms with Gasteiger partial charge in [0.25, 0.3) is 0 Å². The molecule has 6 aromatic carbocycles. The molecular weight excluding hydrogens is 508 g/mol. The Bertz CT molecular complexity index is 2070. The van der Waals surface area contributed by atoms with E-state index in [-0.39, 0.29) is 10.8 Å². The van der Waals surface area contributed by atoms with Crippen LogP contribution in [0.1, 0.15) is 63.8 Å². The maximum absolute atomic E-state index is 5.25. The summed E-state index contributed by atoms with van der Waals surface area (Å²) in [5.74, 6) is 13.5. The molecule has 0 aromatic heterocycles. The minimum Gasteiger partial charge on any atom is -0.497 e. The largest absolute Gasteiger partial charge is 0.497 e. The Morgan fingerprint density at radius 2 is 1.14 bits per heavy atom. The highest BCUT2D eigenvalue weighted by Crippen LogP contribution is 2.44. The molecule has 0 saturated heterocycles. The van der Waals surface area contributed by atoms with Gasteiger partial charge in [-0.05, 0) is 120 Å². The van der Waals surface area contributed by atoms with Gasteiger partial charge in [0, 0.05) is 11.1 Å².